The zero-order chi connectivity index (χ0) is 10.5. The lowest BCUT2D eigenvalue weighted by atomic mass is 10.2. The third-order valence-electron chi connectivity index (χ3n) is 2.13. The highest BCUT2D eigenvalue weighted by atomic mass is 16.3. The van der Waals surface area contributed by atoms with Crippen LogP contribution in [0.1, 0.15) is 5.56 Å². The van der Waals surface area contributed by atoms with E-state index in [1.165, 1.54) is 5.56 Å². The Bertz CT molecular complexity index is 412. The molecule has 1 aromatic carbocycles. The van der Waals surface area contributed by atoms with Crippen molar-refractivity contribution in [2.45, 2.75) is 6.54 Å². The summed E-state index contributed by atoms with van der Waals surface area (Å²) in [5, 5.41) is 11.6. The number of aromatic nitrogens is 2. The topological polar surface area (TPSA) is 50.1 Å². The van der Waals surface area contributed by atoms with Gasteiger partial charge in [-0.25, -0.2) is 4.98 Å². The van der Waals surface area contributed by atoms with Crippen LogP contribution in [0.15, 0.2) is 43.0 Å². The Kier molecular flexibility index (Phi) is 2.99. The van der Waals surface area contributed by atoms with Gasteiger partial charge < -0.3 is 15.0 Å². The predicted molar refractivity (Wildman–Crippen MR) is 58.5 cm³/mol. The Morgan fingerprint density at radius 1 is 1.40 bits per heavy atom. The second kappa shape index (κ2) is 4.61. The van der Waals surface area contributed by atoms with Gasteiger partial charge in [-0.05, 0) is 17.7 Å². The molecule has 4 nitrogen and oxygen atoms in total. The van der Waals surface area contributed by atoms with E-state index in [0.29, 0.717) is 0 Å². The van der Waals surface area contributed by atoms with Gasteiger partial charge in [-0.1, -0.05) is 12.1 Å². The van der Waals surface area contributed by atoms with Crippen LogP contribution in [0.4, 0.5) is 5.69 Å². The van der Waals surface area contributed by atoms with E-state index in [4.69, 9.17) is 5.11 Å². The third-order valence-corrected chi connectivity index (χ3v) is 2.13. The molecule has 0 fully saturated rings. The van der Waals surface area contributed by atoms with E-state index in [2.05, 4.69) is 10.3 Å². The normalized spacial score (nSPS) is 10.2. The van der Waals surface area contributed by atoms with E-state index in [-0.39, 0.29) is 6.73 Å². The number of nitrogens with zero attached hydrogens (tertiary/aromatic N) is 2. The molecule has 2 N–H and O–H groups in total. The smallest absolute Gasteiger partial charge is 0.113 e. The summed E-state index contributed by atoms with van der Waals surface area (Å²) in [7, 11) is 0. The van der Waals surface area contributed by atoms with Crippen LogP contribution in [0.25, 0.3) is 0 Å². The van der Waals surface area contributed by atoms with Crippen LogP contribution < -0.4 is 5.32 Å². The molecular weight excluding hydrogens is 190 g/mol. The zero-order valence-corrected chi connectivity index (χ0v) is 8.30. The average molecular weight is 203 g/mol. The van der Waals surface area contributed by atoms with Crippen LogP contribution in [0, 0.1) is 0 Å². The fraction of sp³-hybridized carbons (Fsp3) is 0.182. The number of aliphatic hydroxyl groups excluding tert-OH is 1. The molecule has 0 spiro atoms. The number of hydrogen-bond acceptors (Lipinski definition) is 3. The minimum atomic E-state index is -0.0471. The number of anilines is 1. The number of aliphatic hydroxyl groups is 1. The molecule has 0 saturated carbocycles. The van der Waals surface area contributed by atoms with Crippen LogP contribution in [0.2, 0.25) is 0 Å². The number of benzene rings is 1. The third kappa shape index (κ3) is 2.57. The van der Waals surface area contributed by atoms with Crippen molar-refractivity contribution in [3.63, 3.8) is 0 Å². The van der Waals surface area contributed by atoms with Crippen molar-refractivity contribution >= 4 is 5.69 Å². The maximum Gasteiger partial charge on any atom is 0.113 e. The molecule has 0 radical (unpaired) electrons. The number of imidazole rings is 1. The van der Waals surface area contributed by atoms with Gasteiger partial charge in [-0.3, -0.25) is 0 Å². The Morgan fingerprint density at radius 2 is 2.33 bits per heavy atom. The Labute approximate surface area is 88.2 Å². The molecule has 1 heterocycles. The first-order chi connectivity index (χ1) is 7.38. The highest BCUT2D eigenvalue weighted by Gasteiger charge is 1.96. The fourth-order valence-electron chi connectivity index (χ4n) is 1.46. The number of nitrogens with one attached hydrogen (secondary N) is 1. The summed E-state index contributed by atoms with van der Waals surface area (Å²) in [6.45, 7) is 0.746. The van der Waals surface area contributed by atoms with Gasteiger partial charge in [-0.15, -0.1) is 0 Å². The maximum atomic E-state index is 8.74. The second-order valence-electron chi connectivity index (χ2n) is 3.27. The van der Waals surface area contributed by atoms with Crippen molar-refractivity contribution in [2.75, 3.05) is 12.0 Å². The fourth-order valence-corrected chi connectivity index (χ4v) is 1.46. The zero-order valence-electron chi connectivity index (χ0n) is 8.30. The molecule has 1 aromatic heterocycles. The quantitative estimate of drug-likeness (QED) is 0.736. The summed E-state index contributed by atoms with van der Waals surface area (Å²) >= 11 is 0. The number of rotatable bonds is 4. The maximum absolute atomic E-state index is 8.74. The minimum absolute atomic E-state index is 0.0471. The van der Waals surface area contributed by atoms with Gasteiger partial charge in [0.15, 0.2) is 0 Å². The predicted octanol–water partition coefficient (Wildman–Crippen LogP) is 1.29. The van der Waals surface area contributed by atoms with Crippen molar-refractivity contribution in [2.24, 2.45) is 0 Å². The summed E-state index contributed by atoms with van der Waals surface area (Å²) in [5.41, 5.74) is 2.10. The molecule has 0 saturated heterocycles. The lowest BCUT2D eigenvalue weighted by Gasteiger charge is -2.06. The molecule has 0 aliphatic heterocycles. The summed E-state index contributed by atoms with van der Waals surface area (Å²) in [5.74, 6) is 0. The Balaban J connectivity index is 2.11. The molecule has 0 aliphatic rings. The van der Waals surface area contributed by atoms with Crippen LogP contribution in [0.3, 0.4) is 0 Å². The van der Waals surface area contributed by atoms with Crippen molar-refractivity contribution < 1.29 is 5.11 Å². The minimum Gasteiger partial charge on any atom is -0.377 e. The van der Waals surface area contributed by atoms with Gasteiger partial charge in [0.1, 0.15) is 6.73 Å². The lowest BCUT2D eigenvalue weighted by Crippen LogP contribution is -2.01. The molecule has 2 rings (SSSR count). The van der Waals surface area contributed by atoms with Gasteiger partial charge in [0, 0.05) is 24.6 Å². The Morgan fingerprint density at radius 3 is 3.07 bits per heavy atom. The van der Waals surface area contributed by atoms with Gasteiger partial charge >= 0.3 is 0 Å². The average Bonchev–Trinajstić information content (AvgIpc) is 2.71. The molecule has 0 amide bonds. The molecule has 0 aliphatic carbocycles. The monoisotopic (exact) mass is 203 g/mol. The van der Waals surface area contributed by atoms with Crippen LogP contribution in [0.5, 0.6) is 0 Å². The van der Waals surface area contributed by atoms with E-state index in [9.17, 15) is 0 Å². The second-order valence-corrected chi connectivity index (χ2v) is 3.27. The Hall–Kier alpha value is -1.81. The number of hydrogen-bond donors (Lipinski definition) is 2. The van der Waals surface area contributed by atoms with E-state index in [0.717, 1.165) is 12.2 Å². The van der Waals surface area contributed by atoms with Crippen molar-refractivity contribution in [1.29, 1.82) is 0 Å². The summed E-state index contributed by atoms with van der Waals surface area (Å²) in [6.07, 6.45) is 5.47. The van der Waals surface area contributed by atoms with Crippen molar-refractivity contribution in [3.05, 3.63) is 48.5 Å². The summed E-state index contributed by atoms with van der Waals surface area (Å²) < 4.78 is 2.00. The van der Waals surface area contributed by atoms with Gasteiger partial charge in [0.2, 0.25) is 0 Å². The molecule has 78 valence electrons. The van der Waals surface area contributed by atoms with E-state index < -0.39 is 0 Å². The van der Waals surface area contributed by atoms with Crippen LogP contribution in [-0.2, 0) is 6.54 Å². The van der Waals surface area contributed by atoms with E-state index in [1.54, 1.807) is 12.5 Å². The highest BCUT2D eigenvalue weighted by Crippen LogP contribution is 2.11. The van der Waals surface area contributed by atoms with E-state index in [1.807, 2.05) is 35.0 Å². The van der Waals surface area contributed by atoms with Gasteiger partial charge in [-0.2, -0.15) is 0 Å². The molecule has 0 unspecified atom stereocenters. The molecule has 15 heavy (non-hydrogen) atoms. The molecule has 0 atom stereocenters. The van der Waals surface area contributed by atoms with E-state index >= 15 is 0 Å². The van der Waals surface area contributed by atoms with Crippen molar-refractivity contribution in [3.8, 4) is 0 Å². The first-order valence-electron chi connectivity index (χ1n) is 4.78. The molecular formula is C11H13N3O. The van der Waals surface area contributed by atoms with Crippen molar-refractivity contribution in [1.82, 2.24) is 9.55 Å². The molecule has 0 bridgehead atoms. The van der Waals surface area contributed by atoms with Crippen LogP contribution >= 0.6 is 0 Å². The first kappa shape index (κ1) is 9.73. The largest absolute Gasteiger partial charge is 0.377 e. The van der Waals surface area contributed by atoms with Gasteiger partial charge in [0.05, 0.1) is 6.33 Å². The first-order valence-corrected chi connectivity index (χ1v) is 4.78. The van der Waals surface area contributed by atoms with Crippen LogP contribution in [-0.4, -0.2) is 21.4 Å². The highest BCUT2D eigenvalue weighted by molar-refractivity contribution is 5.45. The lowest BCUT2D eigenvalue weighted by molar-refractivity contribution is 0.325. The summed E-state index contributed by atoms with van der Waals surface area (Å²) in [4.78, 5) is 3.98. The summed E-state index contributed by atoms with van der Waals surface area (Å²) in [6, 6.07) is 7.94. The standard InChI is InChI=1S/C11H13N3O/c15-9-13-11-3-1-2-10(6-11)7-14-5-4-12-8-14/h1-6,8,13,15H,7,9H2. The molecule has 2 aromatic rings. The molecule has 4 heteroatoms. The SMILES string of the molecule is OCNc1cccc(Cn2ccnc2)c1. The van der Waals surface area contributed by atoms with Gasteiger partial charge in [0.25, 0.3) is 0 Å².